The van der Waals surface area contributed by atoms with E-state index in [0.717, 1.165) is 25.2 Å². The van der Waals surface area contributed by atoms with Gasteiger partial charge in [0.2, 0.25) is 5.91 Å². The lowest BCUT2D eigenvalue weighted by Gasteiger charge is -2.27. The van der Waals surface area contributed by atoms with Crippen molar-refractivity contribution < 1.29 is 18.4 Å². The van der Waals surface area contributed by atoms with Crippen molar-refractivity contribution in [1.82, 2.24) is 10.6 Å². The van der Waals surface area contributed by atoms with Crippen LogP contribution in [0.4, 0.5) is 8.78 Å². The molecule has 0 radical (unpaired) electrons. The maximum atomic E-state index is 13.0. The van der Waals surface area contributed by atoms with Gasteiger partial charge in [-0.3, -0.25) is 9.59 Å². The number of ketones is 1. The van der Waals surface area contributed by atoms with Crippen molar-refractivity contribution in [3.63, 3.8) is 0 Å². The van der Waals surface area contributed by atoms with E-state index >= 15 is 0 Å². The van der Waals surface area contributed by atoms with Crippen molar-refractivity contribution in [2.75, 3.05) is 19.6 Å². The Morgan fingerprint density at radius 1 is 1.20 bits per heavy atom. The van der Waals surface area contributed by atoms with Crippen molar-refractivity contribution in [1.29, 1.82) is 0 Å². The highest BCUT2D eigenvalue weighted by atomic mass is 19.2. The molecule has 4 nitrogen and oxygen atoms in total. The Balaban J connectivity index is 1.75. The molecule has 1 amide bonds. The van der Waals surface area contributed by atoms with Crippen LogP contribution >= 0.6 is 0 Å². The molecule has 2 N–H and O–H groups in total. The van der Waals surface area contributed by atoms with Crippen molar-refractivity contribution in [2.24, 2.45) is 5.92 Å². The molecule has 1 aliphatic heterocycles. The summed E-state index contributed by atoms with van der Waals surface area (Å²) >= 11 is 0. The van der Waals surface area contributed by atoms with E-state index in [-0.39, 0.29) is 30.1 Å². The van der Waals surface area contributed by atoms with Gasteiger partial charge in [0.25, 0.3) is 0 Å². The molecule has 2 rings (SSSR count). The van der Waals surface area contributed by atoms with Crippen molar-refractivity contribution in [3.8, 4) is 0 Å². The first-order valence-electron chi connectivity index (χ1n) is 6.52. The van der Waals surface area contributed by atoms with Crippen molar-refractivity contribution in [2.45, 2.75) is 12.8 Å². The SMILES string of the molecule is O=C(CCC(=O)c1ccc(F)c(F)c1)NCC1CNC1. The Hall–Kier alpha value is -1.82. The van der Waals surface area contributed by atoms with Gasteiger partial charge in [-0.1, -0.05) is 0 Å². The molecule has 1 aromatic carbocycles. The molecule has 0 unspecified atom stereocenters. The standard InChI is InChI=1S/C14H16F2N2O2/c15-11-2-1-10(5-12(11)16)13(19)3-4-14(20)18-8-9-6-17-7-9/h1-2,5,9,17H,3-4,6-8H2,(H,18,20). The molecule has 1 aromatic rings. The Morgan fingerprint density at radius 3 is 2.55 bits per heavy atom. The number of carbonyl (C=O) groups excluding carboxylic acids is 2. The Kier molecular flexibility index (Phi) is 4.79. The zero-order valence-corrected chi connectivity index (χ0v) is 10.9. The number of Topliss-reactive ketones (excluding diaryl/α,β-unsaturated/α-hetero) is 1. The highest BCUT2D eigenvalue weighted by Crippen LogP contribution is 2.11. The molecule has 108 valence electrons. The van der Waals surface area contributed by atoms with E-state index in [2.05, 4.69) is 10.6 Å². The molecule has 0 bridgehead atoms. The van der Waals surface area contributed by atoms with E-state index in [0.29, 0.717) is 12.5 Å². The van der Waals surface area contributed by atoms with Gasteiger partial charge in [0.05, 0.1) is 0 Å². The zero-order chi connectivity index (χ0) is 14.5. The lowest BCUT2D eigenvalue weighted by atomic mass is 10.0. The number of benzene rings is 1. The van der Waals surface area contributed by atoms with Gasteiger partial charge in [-0.25, -0.2) is 8.78 Å². The van der Waals surface area contributed by atoms with Gasteiger partial charge in [0, 0.05) is 44.0 Å². The predicted octanol–water partition coefficient (Wildman–Crippen LogP) is 1.26. The minimum atomic E-state index is -1.06. The predicted molar refractivity (Wildman–Crippen MR) is 69.3 cm³/mol. The second-order valence-corrected chi connectivity index (χ2v) is 4.88. The number of halogens is 2. The van der Waals surface area contributed by atoms with E-state index in [1.807, 2.05) is 0 Å². The number of amides is 1. The van der Waals surface area contributed by atoms with Gasteiger partial charge in [0.15, 0.2) is 17.4 Å². The third-order valence-electron chi connectivity index (χ3n) is 3.27. The Morgan fingerprint density at radius 2 is 1.95 bits per heavy atom. The number of carbonyl (C=O) groups is 2. The van der Waals surface area contributed by atoms with Crippen LogP contribution in [-0.4, -0.2) is 31.3 Å². The van der Waals surface area contributed by atoms with Gasteiger partial charge >= 0.3 is 0 Å². The first kappa shape index (κ1) is 14.6. The summed E-state index contributed by atoms with van der Waals surface area (Å²) in [6.45, 7) is 2.40. The normalized spacial score (nSPS) is 14.7. The summed E-state index contributed by atoms with van der Waals surface area (Å²) in [7, 11) is 0. The maximum Gasteiger partial charge on any atom is 0.220 e. The first-order chi connectivity index (χ1) is 9.56. The average Bonchev–Trinajstić information content (AvgIpc) is 2.37. The Labute approximate surface area is 115 Å². The lowest BCUT2D eigenvalue weighted by molar-refractivity contribution is -0.121. The molecule has 20 heavy (non-hydrogen) atoms. The van der Waals surface area contributed by atoms with Crippen LogP contribution in [0.3, 0.4) is 0 Å². The molecular formula is C14H16F2N2O2. The molecule has 0 spiro atoms. The highest BCUT2D eigenvalue weighted by molar-refractivity contribution is 5.97. The fourth-order valence-electron chi connectivity index (χ4n) is 1.88. The highest BCUT2D eigenvalue weighted by Gasteiger charge is 2.17. The van der Waals surface area contributed by atoms with Gasteiger partial charge in [-0.15, -0.1) is 0 Å². The van der Waals surface area contributed by atoms with Crippen LogP contribution < -0.4 is 10.6 Å². The molecule has 0 saturated carbocycles. The summed E-state index contributed by atoms with van der Waals surface area (Å²) in [5.74, 6) is -2.16. The summed E-state index contributed by atoms with van der Waals surface area (Å²) in [6, 6.07) is 2.99. The van der Waals surface area contributed by atoms with Gasteiger partial charge in [-0.05, 0) is 18.2 Å². The Bertz CT molecular complexity index is 516. The molecule has 1 heterocycles. The minimum absolute atomic E-state index is 0.0141. The quantitative estimate of drug-likeness (QED) is 0.772. The van der Waals surface area contributed by atoms with E-state index in [1.54, 1.807) is 0 Å². The summed E-state index contributed by atoms with van der Waals surface area (Å²) in [4.78, 5) is 23.3. The third-order valence-corrected chi connectivity index (χ3v) is 3.27. The molecule has 0 aliphatic carbocycles. The van der Waals surface area contributed by atoms with Crippen LogP contribution in [0.5, 0.6) is 0 Å². The fraction of sp³-hybridized carbons (Fsp3) is 0.429. The number of rotatable bonds is 6. The molecule has 1 aliphatic rings. The number of hydrogen-bond donors (Lipinski definition) is 2. The molecule has 1 saturated heterocycles. The monoisotopic (exact) mass is 282 g/mol. The molecule has 1 fully saturated rings. The van der Waals surface area contributed by atoms with E-state index in [9.17, 15) is 18.4 Å². The molecule has 0 aromatic heterocycles. The van der Waals surface area contributed by atoms with Gasteiger partial charge in [-0.2, -0.15) is 0 Å². The number of nitrogens with one attached hydrogen (secondary N) is 2. The molecule has 0 atom stereocenters. The van der Waals surface area contributed by atoms with Crippen LogP contribution in [0.25, 0.3) is 0 Å². The zero-order valence-electron chi connectivity index (χ0n) is 10.9. The summed E-state index contributed by atoms with van der Waals surface area (Å²) in [5.41, 5.74) is 0.0832. The van der Waals surface area contributed by atoms with Crippen LogP contribution in [0.15, 0.2) is 18.2 Å². The van der Waals surface area contributed by atoms with Crippen LogP contribution in [0, 0.1) is 17.6 Å². The average molecular weight is 282 g/mol. The van der Waals surface area contributed by atoms with E-state index in [1.165, 1.54) is 6.07 Å². The largest absolute Gasteiger partial charge is 0.356 e. The van der Waals surface area contributed by atoms with Crippen LogP contribution in [0.2, 0.25) is 0 Å². The van der Waals surface area contributed by atoms with E-state index < -0.39 is 11.6 Å². The maximum absolute atomic E-state index is 13.0. The first-order valence-corrected chi connectivity index (χ1v) is 6.52. The minimum Gasteiger partial charge on any atom is -0.356 e. The van der Waals surface area contributed by atoms with E-state index in [4.69, 9.17) is 0 Å². The summed E-state index contributed by atoms with van der Waals surface area (Å²) < 4.78 is 25.7. The van der Waals surface area contributed by atoms with Gasteiger partial charge in [0.1, 0.15) is 0 Å². The summed E-state index contributed by atoms with van der Waals surface area (Å²) in [6.07, 6.45) is 0.0395. The number of hydrogen-bond acceptors (Lipinski definition) is 3. The second kappa shape index (κ2) is 6.56. The topological polar surface area (TPSA) is 58.2 Å². The van der Waals surface area contributed by atoms with Gasteiger partial charge < -0.3 is 10.6 Å². The van der Waals surface area contributed by atoms with Crippen molar-refractivity contribution >= 4 is 11.7 Å². The van der Waals surface area contributed by atoms with Crippen LogP contribution in [-0.2, 0) is 4.79 Å². The third kappa shape index (κ3) is 3.84. The fourth-order valence-corrected chi connectivity index (χ4v) is 1.88. The molecular weight excluding hydrogens is 266 g/mol. The van der Waals surface area contributed by atoms with Crippen molar-refractivity contribution in [3.05, 3.63) is 35.4 Å². The van der Waals surface area contributed by atoms with Crippen LogP contribution in [0.1, 0.15) is 23.2 Å². The smallest absolute Gasteiger partial charge is 0.220 e. The molecule has 6 heteroatoms. The summed E-state index contributed by atoms with van der Waals surface area (Å²) in [5, 5.41) is 5.84. The lowest BCUT2D eigenvalue weighted by Crippen LogP contribution is -2.48. The second-order valence-electron chi connectivity index (χ2n) is 4.88.